The number of hydrogen-bond donors (Lipinski definition) is 2. The molecule has 2 rings (SSSR count). The van der Waals surface area contributed by atoms with E-state index in [0.717, 1.165) is 0 Å². The third-order valence-corrected chi connectivity index (χ3v) is 3.79. The number of aliphatic hydroxyl groups excluding tert-OH is 1. The third kappa shape index (κ3) is 2.91. The van der Waals surface area contributed by atoms with Gasteiger partial charge in [-0.2, -0.15) is 0 Å². The Balaban J connectivity index is 2.31. The van der Waals surface area contributed by atoms with Crippen LogP contribution < -0.4 is 5.32 Å². The molecule has 0 saturated carbocycles. The van der Waals surface area contributed by atoms with Crippen LogP contribution in [-0.2, 0) is 0 Å². The zero-order valence-corrected chi connectivity index (χ0v) is 12.3. The fourth-order valence-electron chi connectivity index (χ4n) is 2.54. The number of hydrogen-bond acceptors (Lipinski definition) is 5. The molecular weight excluding hydrogens is 276 g/mol. The molecule has 0 radical (unpaired) electrons. The van der Waals surface area contributed by atoms with Gasteiger partial charge in [0.25, 0.3) is 11.6 Å². The number of carbonyl (C=O) groups excluding carboxylic acids is 1. The van der Waals surface area contributed by atoms with Crippen LogP contribution in [0.3, 0.4) is 0 Å². The molecule has 0 spiro atoms. The summed E-state index contributed by atoms with van der Waals surface area (Å²) in [6.45, 7) is 4.65. The van der Waals surface area contributed by atoms with E-state index in [1.54, 1.807) is 11.6 Å². The number of aliphatic hydroxyl groups is 1. The molecule has 1 aromatic rings. The van der Waals surface area contributed by atoms with Crippen molar-refractivity contribution in [2.24, 2.45) is 0 Å². The molecule has 0 aromatic carbocycles. The molecule has 8 nitrogen and oxygen atoms in total. The second-order valence-corrected chi connectivity index (χ2v) is 5.55. The number of rotatable bonds is 4. The van der Waals surface area contributed by atoms with Crippen LogP contribution >= 0.6 is 0 Å². The molecule has 1 fully saturated rings. The number of aromatic nitrogens is 1. The number of likely N-dealkylation sites (N-methyl/N-ethyl adjacent to an activating group) is 1. The first-order chi connectivity index (χ1) is 9.82. The van der Waals surface area contributed by atoms with E-state index in [1.807, 2.05) is 13.8 Å². The molecule has 0 aliphatic carbocycles. The molecule has 2 atom stereocenters. The quantitative estimate of drug-likeness (QED) is 0.618. The summed E-state index contributed by atoms with van der Waals surface area (Å²) in [5.74, 6) is -0.329. The van der Waals surface area contributed by atoms with E-state index in [-0.39, 0.29) is 29.4 Å². The smallest absolute Gasteiger partial charge is 0.287 e. The molecule has 0 unspecified atom stereocenters. The van der Waals surface area contributed by atoms with Gasteiger partial charge >= 0.3 is 0 Å². The van der Waals surface area contributed by atoms with Crippen LogP contribution in [-0.4, -0.2) is 57.7 Å². The zero-order valence-electron chi connectivity index (χ0n) is 12.3. The van der Waals surface area contributed by atoms with E-state index in [1.165, 1.54) is 17.2 Å². The number of nitrogens with zero attached hydrogens (tertiary/aromatic N) is 3. The fraction of sp³-hybridized carbons (Fsp3) is 0.615. The van der Waals surface area contributed by atoms with Gasteiger partial charge in [0.2, 0.25) is 0 Å². The Morgan fingerprint density at radius 2 is 2.24 bits per heavy atom. The van der Waals surface area contributed by atoms with Crippen molar-refractivity contribution in [3.8, 4) is 0 Å². The van der Waals surface area contributed by atoms with Crippen LogP contribution in [0.25, 0.3) is 0 Å². The van der Waals surface area contributed by atoms with Crippen LogP contribution in [0.4, 0.5) is 5.69 Å². The van der Waals surface area contributed by atoms with Crippen molar-refractivity contribution in [3.63, 3.8) is 0 Å². The van der Waals surface area contributed by atoms with E-state index >= 15 is 0 Å². The molecule has 1 saturated heterocycles. The Morgan fingerprint density at radius 1 is 1.57 bits per heavy atom. The molecule has 2 heterocycles. The molecule has 21 heavy (non-hydrogen) atoms. The van der Waals surface area contributed by atoms with Gasteiger partial charge in [-0.3, -0.25) is 14.9 Å². The van der Waals surface area contributed by atoms with Gasteiger partial charge in [0, 0.05) is 32.2 Å². The molecule has 1 aliphatic rings. The van der Waals surface area contributed by atoms with E-state index in [0.29, 0.717) is 13.1 Å². The van der Waals surface area contributed by atoms with E-state index < -0.39 is 11.0 Å². The predicted octanol–water partition coefficient (Wildman–Crippen LogP) is 0.382. The summed E-state index contributed by atoms with van der Waals surface area (Å²) >= 11 is 0. The fourth-order valence-corrected chi connectivity index (χ4v) is 2.54. The highest BCUT2D eigenvalue weighted by molar-refractivity contribution is 5.93. The number of amides is 1. The van der Waals surface area contributed by atoms with Crippen LogP contribution in [0.1, 0.15) is 30.4 Å². The molecule has 116 valence electrons. The average molecular weight is 296 g/mol. The monoisotopic (exact) mass is 296 g/mol. The second kappa shape index (κ2) is 5.82. The maximum Gasteiger partial charge on any atom is 0.287 e. The predicted molar refractivity (Wildman–Crippen MR) is 76.2 cm³/mol. The van der Waals surface area contributed by atoms with Crippen molar-refractivity contribution in [1.82, 2.24) is 14.8 Å². The summed E-state index contributed by atoms with van der Waals surface area (Å²) in [6, 6.07) is 0.887. The Morgan fingerprint density at radius 3 is 2.71 bits per heavy atom. The van der Waals surface area contributed by atoms with Crippen LogP contribution in [0.2, 0.25) is 0 Å². The molecular formula is C13H20N4O4. The summed E-state index contributed by atoms with van der Waals surface area (Å²) in [4.78, 5) is 24.4. The maximum atomic E-state index is 12.6. The molecule has 8 heteroatoms. The van der Waals surface area contributed by atoms with E-state index in [9.17, 15) is 20.0 Å². The Labute approximate surface area is 122 Å². The molecule has 1 aromatic heterocycles. The lowest BCUT2D eigenvalue weighted by Crippen LogP contribution is -2.44. The standard InChI is InChI=1S/C13H20N4O4/c1-8(2)16-7-9(17(20)21)4-10(16)13(19)15(3)11-5-14-6-12(11)18/h4,7-8,11-12,14,18H,5-6H2,1-3H3/t11-,12-/m1/s1. The third-order valence-electron chi connectivity index (χ3n) is 3.79. The molecule has 1 aliphatic heterocycles. The Hall–Kier alpha value is -1.93. The van der Waals surface area contributed by atoms with Crippen molar-refractivity contribution >= 4 is 11.6 Å². The van der Waals surface area contributed by atoms with Gasteiger partial charge in [-0.25, -0.2) is 0 Å². The van der Waals surface area contributed by atoms with Crippen LogP contribution in [0, 0.1) is 10.1 Å². The first-order valence-corrected chi connectivity index (χ1v) is 6.85. The number of β-amino-alcohol motifs (C(OH)–C–C–N with tert-alkyl or cyclic N) is 1. The maximum absolute atomic E-state index is 12.6. The first-order valence-electron chi connectivity index (χ1n) is 6.85. The number of nitro groups is 1. The van der Waals surface area contributed by atoms with Gasteiger partial charge in [-0.05, 0) is 13.8 Å². The number of carbonyl (C=O) groups is 1. The summed E-state index contributed by atoms with van der Waals surface area (Å²) in [5, 5.41) is 23.8. The van der Waals surface area contributed by atoms with Gasteiger partial charge in [-0.1, -0.05) is 0 Å². The van der Waals surface area contributed by atoms with Crippen molar-refractivity contribution in [2.75, 3.05) is 20.1 Å². The summed E-state index contributed by atoms with van der Waals surface area (Å²) in [5.41, 5.74) is 0.156. The van der Waals surface area contributed by atoms with E-state index in [2.05, 4.69) is 5.32 Å². The van der Waals surface area contributed by atoms with Crippen LogP contribution in [0.15, 0.2) is 12.3 Å². The van der Waals surface area contributed by atoms with Crippen molar-refractivity contribution < 1.29 is 14.8 Å². The normalized spacial score (nSPS) is 21.8. The van der Waals surface area contributed by atoms with Gasteiger partial charge in [-0.15, -0.1) is 0 Å². The summed E-state index contributed by atoms with van der Waals surface area (Å²) in [7, 11) is 1.60. The highest BCUT2D eigenvalue weighted by atomic mass is 16.6. The average Bonchev–Trinajstić information content (AvgIpc) is 3.03. The SMILES string of the molecule is CC(C)n1cc([N+](=O)[O-])cc1C(=O)N(C)[C@@H]1CNC[C@H]1O. The van der Waals surface area contributed by atoms with Gasteiger partial charge in [0.05, 0.1) is 23.3 Å². The minimum Gasteiger partial charge on any atom is -0.390 e. The minimum absolute atomic E-state index is 0.0716. The van der Waals surface area contributed by atoms with Gasteiger partial charge < -0.3 is 19.9 Å². The highest BCUT2D eigenvalue weighted by Crippen LogP contribution is 2.23. The Bertz CT molecular complexity index is 554. The number of nitrogens with one attached hydrogen (secondary N) is 1. The largest absolute Gasteiger partial charge is 0.390 e. The first kappa shape index (κ1) is 15.5. The summed E-state index contributed by atoms with van der Waals surface area (Å²) < 4.78 is 1.59. The zero-order chi connectivity index (χ0) is 15.7. The second-order valence-electron chi connectivity index (χ2n) is 5.55. The molecule has 0 bridgehead atoms. The summed E-state index contributed by atoms with van der Waals surface area (Å²) in [6.07, 6.45) is 0.742. The van der Waals surface area contributed by atoms with Crippen molar-refractivity contribution in [3.05, 3.63) is 28.1 Å². The lowest BCUT2D eigenvalue weighted by molar-refractivity contribution is -0.384. The Kier molecular flexibility index (Phi) is 4.29. The topological polar surface area (TPSA) is 101 Å². The molecule has 1 amide bonds. The lowest BCUT2D eigenvalue weighted by Gasteiger charge is -2.27. The van der Waals surface area contributed by atoms with Crippen molar-refractivity contribution in [1.29, 1.82) is 0 Å². The lowest BCUT2D eigenvalue weighted by atomic mass is 10.2. The van der Waals surface area contributed by atoms with Gasteiger partial charge in [0.15, 0.2) is 0 Å². The minimum atomic E-state index is -0.628. The molecule has 2 N–H and O–H groups in total. The van der Waals surface area contributed by atoms with Gasteiger partial charge in [0.1, 0.15) is 5.69 Å². The van der Waals surface area contributed by atoms with Crippen LogP contribution in [0.5, 0.6) is 0 Å². The van der Waals surface area contributed by atoms with Crippen molar-refractivity contribution in [2.45, 2.75) is 32.0 Å². The van der Waals surface area contributed by atoms with E-state index in [4.69, 9.17) is 0 Å². The highest BCUT2D eigenvalue weighted by Gasteiger charge is 2.33.